The van der Waals surface area contributed by atoms with E-state index in [9.17, 15) is 0 Å². The van der Waals surface area contributed by atoms with Crippen molar-refractivity contribution >= 4 is 15.9 Å². The number of hydrogen-bond donors (Lipinski definition) is 1. The standard InChI is InChI=1S/C13H19BrN2O2/c1-17-13(4-6-18-7-5-13)12(15)8-11-3-2-10(14)9-16-11/h2-3,9,12H,4-8,15H2,1H3. The molecular weight excluding hydrogens is 296 g/mol. The first-order valence-corrected chi connectivity index (χ1v) is 6.94. The SMILES string of the molecule is COC1(C(N)Cc2ccc(Br)cn2)CCOCC1. The number of rotatable bonds is 4. The quantitative estimate of drug-likeness (QED) is 0.922. The van der Waals surface area contributed by atoms with Gasteiger partial charge in [-0.25, -0.2) is 0 Å². The van der Waals surface area contributed by atoms with Gasteiger partial charge in [0.1, 0.15) is 0 Å². The van der Waals surface area contributed by atoms with Crippen molar-refractivity contribution in [3.05, 3.63) is 28.5 Å². The molecule has 0 amide bonds. The summed E-state index contributed by atoms with van der Waals surface area (Å²) in [5.74, 6) is 0. The lowest BCUT2D eigenvalue weighted by Gasteiger charge is -2.40. The molecule has 4 nitrogen and oxygen atoms in total. The molecule has 2 rings (SSSR count). The zero-order chi connectivity index (χ0) is 13.0. The van der Waals surface area contributed by atoms with E-state index in [1.807, 2.05) is 12.1 Å². The van der Waals surface area contributed by atoms with Crippen molar-refractivity contribution < 1.29 is 9.47 Å². The number of halogens is 1. The Kier molecular flexibility index (Phi) is 4.72. The van der Waals surface area contributed by atoms with E-state index in [4.69, 9.17) is 15.2 Å². The van der Waals surface area contributed by atoms with Gasteiger partial charge in [-0.15, -0.1) is 0 Å². The molecule has 2 N–H and O–H groups in total. The predicted octanol–water partition coefficient (Wildman–Crippen LogP) is 1.91. The molecule has 5 heteroatoms. The highest BCUT2D eigenvalue weighted by molar-refractivity contribution is 9.10. The summed E-state index contributed by atoms with van der Waals surface area (Å²) in [6.45, 7) is 1.44. The molecule has 1 aliphatic rings. The Hall–Kier alpha value is -0.490. The average Bonchev–Trinajstić information content (AvgIpc) is 2.42. The van der Waals surface area contributed by atoms with E-state index in [1.54, 1.807) is 13.3 Å². The monoisotopic (exact) mass is 314 g/mol. The fraction of sp³-hybridized carbons (Fsp3) is 0.615. The third-order valence-corrected chi connectivity index (χ3v) is 4.11. The third-order valence-electron chi connectivity index (χ3n) is 3.64. The molecule has 1 atom stereocenters. The van der Waals surface area contributed by atoms with Crippen molar-refractivity contribution in [1.82, 2.24) is 4.98 Å². The zero-order valence-corrected chi connectivity index (χ0v) is 12.1. The summed E-state index contributed by atoms with van der Waals surface area (Å²) in [6.07, 6.45) is 4.22. The number of pyridine rings is 1. The van der Waals surface area contributed by atoms with Crippen LogP contribution in [0.25, 0.3) is 0 Å². The summed E-state index contributed by atoms with van der Waals surface area (Å²) in [5.41, 5.74) is 7.05. The van der Waals surface area contributed by atoms with E-state index in [1.165, 1.54) is 0 Å². The molecule has 0 aromatic carbocycles. The molecule has 1 fully saturated rings. The molecule has 1 aliphatic heterocycles. The average molecular weight is 315 g/mol. The van der Waals surface area contributed by atoms with Crippen LogP contribution in [-0.4, -0.2) is 37.0 Å². The molecule has 0 spiro atoms. The maximum absolute atomic E-state index is 6.33. The number of hydrogen-bond acceptors (Lipinski definition) is 4. The van der Waals surface area contributed by atoms with Crippen LogP contribution < -0.4 is 5.73 Å². The Morgan fingerprint density at radius 3 is 2.78 bits per heavy atom. The van der Waals surface area contributed by atoms with E-state index in [0.29, 0.717) is 0 Å². The summed E-state index contributed by atoms with van der Waals surface area (Å²) >= 11 is 3.38. The molecule has 0 saturated carbocycles. The normalized spacial score (nSPS) is 20.6. The van der Waals surface area contributed by atoms with Crippen molar-refractivity contribution in [2.75, 3.05) is 20.3 Å². The molecule has 1 aromatic heterocycles. The minimum atomic E-state index is -0.271. The van der Waals surface area contributed by atoms with Crippen LogP contribution in [0.3, 0.4) is 0 Å². The highest BCUT2D eigenvalue weighted by Crippen LogP contribution is 2.28. The number of nitrogens with zero attached hydrogens (tertiary/aromatic N) is 1. The Bertz CT molecular complexity index is 377. The Morgan fingerprint density at radius 2 is 2.22 bits per heavy atom. The minimum Gasteiger partial charge on any atom is -0.381 e. The van der Waals surface area contributed by atoms with Gasteiger partial charge in [0.2, 0.25) is 0 Å². The van der Waals surface area contributed by atoms with Crippen LogP contribution in [0.5, 0.6) is 0 Å². The molecule has 100 valence electrons. The van der Waals surface area contributed by atoms with Gasteiger partial charge in [0.05, 0.1) is 5.60 Å². The van der Waals surface area contributed by atoms with Crippen LogP contribution in [0.4, 0.5) is 0 Å². The summed E-state index contributed by atoms with van der Waals surface area (Å²) in [4.78, 5) is 4.36. The molecule has 1 unspecified atom stereocenters. The van der Waals surface area contributed by atoms with Crippen molar-refractivity contribution in [2.45, 2.75) is 30.9 Å². The lowest BCUT2D eigenvalue weighted by Crippen LogP contribution is -2.54. The minimum absolute atomic E-state index is 0.0555. The second kappa shape index (κ2) is 6.10. The predicted molar refractivity (Wildman–Crippen MR) is 73.4 cm³/mol. The van der Waals surface area contributed by atoms with E-state index < -0.39 is 0 Å². The molecular formula is C13H19BrN2O2. The Balaban J connectivity index is 2.05. The second-order valence-corrected chi connectivity index (χ2v) is 5.58. The Morgan fingerprint density at radius 1 is 1.50 bits per heavy atom. The fourth-order valence-corrected chi connectivity index (χ4v) is 2.62. The molecule has 0 bridgehead atoms. The number of aromatic nitrogens is 1. The zero-order valence-electron chi connectivity index (χ0n) is 10.6. The van der Waals surface area contributed by atoms with Crippen molar-refractivity contribution in [3.8, 4) is 0 Å². The first-order chi connectivity index (χ1) is 8.66. The van der Waals surface area contributed by atoms with Gasteiger partial charge in [-0.1, -0.05) is 0 Å². The number of nitrogens with two attached hydrogens (primary N) is 1. The smallest absolute Gasteiger partial charge is 0.0876 e. The van der Waals surface area contributed by atoms with E-state index in [2.05, 4.69) is 20.9 Å². The number of ether oxygens (including phenoxy) is 2. The summed E-state index contributed by atoms with van der Waals surface area (Å²) in [6, 6.07) is 3.92. The van der Waals surface area contributed by atoms with Gasteiger partial charge in [0, 0.05) is 62.0 Å². The molecule has 0 aliphatic carbocycles. The molecule has 2 heterocycles. The lowest BCUT2D eigenvalue weighted by molar-refractivity contribution is -0.103. The van der Waals surface area contributed by atoms with Gasteiger partial charge >= 0.3 is 0 Å². The first kappa shape index (κ1) is 13.9. The summed E-state index contributed by atoms with van der Waals surface area (Å²) < 4.78 is 12.1. The van der Waals surface area contributed by atoms with E-state index >= 15 is 0 Å². The Labute approximate surface area is 116 Å². The fourth-order valence-electron chi connectivity index (χ4n) is 2.38. The van der Waals surface area contributed by atoms with Gasteiger partial charge < -0.3 is 15.2 Å². The van der Waals surface area contributed by atoms with Crippen molar-refractivity contribution in [3.63, 3.8) is 0 Å². The van der Waals surface area contributed by atoms with Crippen LogP contribution in [0.1, 0.15) is 18.5 Å². The highest BCUT2D eigenvalue weighted by Gasteiger charge is 2.38. The van der Waals surface area contributed by atoms with Crippen molar-refractivity contribution in [1.29, 1.82) is 0 Å². The van der Waals surface area contributed by atoms with Gasteiger partial charge in [-0.3, -0.25) is 4.98 Å². The van der Waals surface area contributed by atoms with Crippen LogP contribution in [0.2, 0.25) is 0 Å². The van der Waals surface area contributed by atoms with Crippen LogP contribution in [0.15, 0.2) is 22.8 Å². The first-order valence-electron chi connectivity index (χ1n) is 6.15. The van der Waals surface area contributed by atoms with Gasteiger partial charge in [0.25, 0.3) is 0 Å². The highest BCUT2D eigenvalue weighted by atomic mass is 79.9. The third kappa shape index (κ3) is 3.09. The maximum Gasteiger partial charge on any atom is 0.0876 e. The van der Waals surface area contributed by atoms with E-state index in [-0.39, 0.29) is 11.6 Å². The van der Waals surface area contributed by atoms with Crippen molar-refractivity contribution in [2.24, 2.45) is 5.73 Å². The van der Waals surface area contributed by atoms with Crippen LogP contribution in [0, 0.1) is 0 Å². The maximum atomic E-state index is 6.33. The van der Waals surface area contributed by atoms with E-state index in [0.717, 1.165) is 42.6 Å². The largest absolute Gasteiger partial charge is 0.381 e. The summed E-state index contributed by atoms with van der Waals surface area (Å²) in [7, 11) is 1.74. The molecule has 18 heavy (non-hydrogen) atoms. The molecule has 0 radical (unpaired) electrons. The topological polar surface area (TPSA) is 57.4 Å². The van der Waals surface area contributed by atoms with Crippen LogP contribution >= 0.6 is 15.9 Å². The molecule has 1 aromatic rings. The number of methoxy groups -OCH3 is 1. The van der Waals surface area contributed by atoms with Crippen LogP contribution in [-0.2, 0) is 15.9 Å². The lowest BCUT2D eigenvalue weighted by atomic mass is 9.84. The van der Waals surface area contributed by atoms with Gasteiger partial charge in [-0.2, -0.15) is 0 Å². The second-order valence-electron chi connectivity index (χ2n) is 4.66. The van der Waals surface area contributed by atoms with Gasteiger partial charge in [0.15, 0.2) is 0 Å². The van der Waals surface area contributed by atoms with Gasteiger partial charge in [-0.05, 0) is 28.1 Å². The summed E-state index contributed by atoms with van der Waals surface area (Å²) in [5, 5.41) is 0. The molecule has 1 saturated heterocycles.